The van der Waals surface area contributed by atoms with Gasteiger partial charge in [-0.2, -0.15) is 0 Å². The highest BCUT2D eigenvalue weighted by Crippen LogP contribution is 2.27. The van der Waals surface area contributed by atoms with Gasteiger partial charge in [0.2, 0.25) is 0 Å². The van der Waals surface area contributed by atoms with Crippen molar-refractivity contribution < 1.29 is 9.18 Å². The maximum Gasteiger partial charge on any atom is 0.254 e. The molecule has 0 N–H and O–H groups in total. The number of fused-ring (bicyclic) bond motifs is 1. The molecule has 2 aromatic carbocycles. The number of hydrogen-bond acceptors (Lipinski definition) is 3. The van der Waals surface area contributed by atoms with Crippen LogP contribution >= 0.6 is 0 Å². The average Bonchev–Trinajstić information content (AvgIpc) is 3.13. The second-order valence-electron chi connectivity index (χ2n) is 7.62. The van der Waals surface area contributed by atoms with Gasteiger partial charge >= 0.3 is 0 Å². The van der Waals surface area contributed by atoms with Crippen LogP contribution in [0.25, 0.3) is 11.1 Å². The summed E-state index contributed by atoms with van der Waals surface area (Å²) in [5.41, 5.74) is 2.39. The number of amides is 1. The molecule has 1 aliphatic rings. The molecular weight excluding hydrogens is 355 g/mol. The van der Waals surface area contributed by atoms with Gasteiger partial charge in [-0.1, -0.05) is 38.1 Å². The Hall–Kier alpha value is -3.02. The lowest BCUT2D eigenvalue weighted by Crippen LogP contribution is -2.40. The molecule has 1 aromatic heterocycles. The molecule has 0 unspecified atom stereocenters. The first-order valence-electron chi connectivity index (χ1n) is 9.53. The lowest BCUT2D eigenvalue weighted by Gasteiger charge is -2.33. The lowest BCUT2D eigenvalue weighted by atomic mass is 10.0. The van der Waals surface area contributed by atoms with Gasteiger partial charge in [0.05, 0.1) is 12.6 Å². The fraction of sp³-hybridized carbons (Fsp3) is 0.318. The number of nitrogens with zero attached hydrogens (tertiary/aromatic N) is 4. The molecule has 0 radical (unpaired) electrons. The van der Waals surface area contributed by atoms with Crippen molar-refractivity contribution in [2.45, 2.75) is 39.3 Å². The van der Waals surface area contributed by atoms with Gasteiger partial charge in [-0.15, -0.1) is 10.2 Å². The Morgan fingerprint density at radius 3 is 2.57 bits per heavy atom. The fourth-order valence-electron chi connectivity index (χ4n) is 3.77. The van der Waals surface area contributed by atoms with Crippen LogP contribution in [-0.4, -0.2) is 32.1 Å². The second-order valence-corrected chi connectivity index (χ2v) is 7.62. The molecule has 0 saturated heterocycles. The summed E-state index contributed by atoms with van der Waals surface area (Å²) in [5, 5.41) is 8.63. The summed E-state index contributed by atoms with van der Waals surface area (Å²) < 4.78 is 15.3. The minimum Gasteiger partial charge on any atom is -0.329 e. The van der Waals surface area contributed by atoms with Crippen molar-refractivity contribution in [3.8, 4) is 11.1 Å². The van der Waals surface area contributed by atoms with Crippen molar-refractivity contribution in [1.82, 2.24) is 19.7 Å². The summed E-state index contributed by atoms with van der Waals surface area (Å²) in [6, 6.07) is 13.9. The third kappa shape index (κ3) is 3.30. The van der Waals surface area contributed by atoms with E-state index in [-0.39, 0.29) is 17.8 Å². The van der Waals surface area contributed by atoms with E-state index in [0.717, 1.165) is 22.8 Å². The Labute approximate surface area is 163 Å². The third-order valence-corrected chi connectivity index (χ3v) is 5.14. The standard InChI is InChI=1S/C22H23FN4O/c1-14(2)21-25-24-20-13-26(12-15(3)27(20)21)22(28)18-6-4-5-17(11-18)16-7-9-19(23)10-8-16/h4-11,14-15H,12-13H2,1-3H3/t15-/m0/s1. The first-order chi connectivity index (χ1) is 13.4. The van der Waals surface area contributed by atoms with Crippen LogP contribution in [0.15, 0.2) is 48.5 Å². The van der Waals surface area contributed by atoms with Gasteiger partial charge in [-0.25, -0.2) is 4.39 Å². The summed E-state index contributed by atoms with van der Waals surface area (Å²) in [6.45, 7) is 7.35. The molecule has 0 spiro atoms. The zero-order valence-electron chi connectivity index (χ0n) is 16.3. The van der Waals surface area contributed by atoms with Gasteiger partial charge in [0.25, 0.3) is 5.91 Å². The van der Waals surface area contributed by atoms with Crippen LogP contribution in [0.1, 0.15) is 54.7 Å². The zero-order valence-corrected chi connectivity index (χ0v) is 16.3. The molecule has 3 aromatic rings. The van der Waals surface area contributed by atoms with E-state index in [1.54, 1.807) is 12.1 Å². The maximum absolute atomic E-state index is 13.2. The largest absolute Gasteiger partial charge is 0.329 e. The molecule has 28 heavy (non-hydrogen) atoms. The SMILES string of the molecule is CC(C)c1nnc2n1[C@@H](C)CN(C(=O)c1cccc(-c3ccc(F)cc3)c1)C2. The molecule has 1 amide bonds. The van der Waals surface area contributed by atoms with Gasteiger partial charge in [0.15, 0.2) is 5.82 Å². The van der Waals surface area contributed by atoms with Crippen molar-refractivity contribution >= 4 is 5.91 Å². The minimum atomic E-state index is -0.275. The van der Waals surface area contributed by atoms with E-state index in [9.17, 15) is 9.18 Å². The predicted molar refractivity (Wildman–Crippen MR) is 105 cm³/mol. The highest BCUT2D eigenvalue weighted by molar-refractivity contribution is 5.95. The quantitative estimate of drug-likeness (QED) is 0.678. The molecule has 5 nitrogen and oxygen atoms in total. The molecule has 0 bridgehead atoms. The number of carbonyl (C=O) groups is 1. The predicted octanol–water partition coefficient (Wildman–Crippen LogP) is 4.42. The monoisotopic (exact) mass is 378 g/mol. The van der Waals surface area contributed by atoms with E-state index in [2.05, 4.69) is 35.5 Å². The average molecular weight is 378 g/mol. The van der Waals surface area contributed by atoms with Gasteiger partial charge < -0.3 is 9.47 Å². The van der Waals surface area contributed by atoms with E-state index in [4.69, 9.17) is 0 Å². The number of halogens is 1. The van der Waals surface area contributed by atoms with Gasteiger partial charge in [-0.05, 0) is 42.3 Å². The number of hydrogen-bond donors (Lipinski definition) is 0. The topological polar surface area (TPSA) is 51.0 Å². The zero-order chi connectivity index (χ0) is 19.8. The molecule has 0 aliphatic carbocycles. The van der Waals surface area contributed by atoms with Crippen molar-refractivity contribution in [3.05, 3.63) is 71.6 Å². The Bertz CT molecular complexity index is 1010. The fourth-order valence-corrected chi connectivity index (χ4v) is 3.77. The van der Waals surface area contributed by atoms with Crippen LogP contribution < -0.4 is 0 Å². The first-order valence-corrected chi connectivity index (χ1v) is 9.53. The van der Waals surface area contributed by atoms with Crippen molar-refractivity contribution in [2.24, 2.45) is 0 Å². The van der Waals surface area contributed by atoms with Crippen LogP contribution in [0, 0.1) is 5.82 Å². The van der Waals surface area contributed by atoms with E-state index < -0.39 is 0 Å². The van der Waals surface area contributed by atoms with Crippen molar-refractivity contribution in [3.63, 3.8) is 0 Å². The van der Waals surface area contributed by atoms with E-state index >= 15 is 0 Å². The molecule has 2 heterocycles. The summed E-state index contributed by atoms with van der Waals surface area (Å²) in [7, 11) is 0. The van der Waals surface area contributed by atoms with Crippen molar-refractivity contribution in [1.29, 1.82) is 0 Å². The van der Waals surface area contributed by atoms with Crippen LogP contribution in [0.2, 0.25) is 0 Å². The van der Waals surface area contributed by atoms with E-state index in [1.807, 2.05) is 29.2 Å². The minimum absolute atomic E-state index is 0.0313. The summed E-state index contributed by atoms with van der Waals surface area (Å²) >= 11 is 0. The summed E-state index contributed by atoms with van der Waals surface area (Å²) in [4.78, 5) is 15.0. The number of carbonyl (C=O) groups excluding carboxylic acids is 1. The van der Waals surface area contributed by atoms with Crippen LogP contribution in [-0.2, 0) is 6.54 Å². The molecule has 0 fully saturated rings. The maximum atomic E-state index is 13.2. The molecule has 1 atom stereocenters. The molecular formula is C22H23FN4O. The molecule has 0 saturated carbocycles. The normalized spacial score (nSPS) is 16.3. The van der Waals surface area contributed by atoms with E-state index in [0.29, 0.717) is 24.6 Å². The smallest absolute Gasteiger partial charge is 0.254 e. The van der Waals surface area contributed by atoms with Gasteiger partial charge in [-0.3, -0.25) is 4.79 Å². The first kappa shape index (κ1) is 18.3. The molecule has 144 valence electrons. The Morgan fingerprint density at radius 1 is 1.11 bits per heavy atom. The van der Waals surface area contributed by atoms with Gasteiger partial charge in [0, 0.05) is 18.0 Å². The second kappa shape index (κ2) is 7.19. The lowest BCUT2D eigenvalue weighted by molar-refractivity contribution is 0.0679. The molecule has 1 aliphatic heterocycles. The Kier molecular flexibility index (Phi) is 4.71. The summed E-state index contributed by atoms with van der Waals surface area (Å²) in [6.07, 6.45) is 0. The van der Waals surface area contributed by atoms with Crippen LogP contribution in [0.5, 0.6) is 0 Å². The number of aromatic nitrogens is 3. The Balaban J connectivity index is 1.60. The number of rotatable bonds is 3. The van der Waals surface area contributed by atoms with Crippen LogP contribution in [0.4, 0.5) is 4.39 Å². The van der Waals surface area contributed by atoms with E-state index in [1.165, 1.54) is 12.1 Å². The number of benzene rings is 2. The third-order valence-electron chi connectivity index (χ3n) is 5.14. The highest BCUT2D eigenvalue weighted by atomic mass is 19.1. The summed E-state index contributed by atoms with van der Waals surface area (Å²) in [5.74, 6) is 1.77. The molecule has 4 rings (SSSR count). The van der Waals surface area contributed by atoms with Gasteiger partial charge in [0.1, 0.15) is 11.6 Å². The highest BCUT2D eigenvalue weighted by Gasteiger charge is 2.30. The van der Waals surface area contributed by atoms with Crippen LogP contribution in [0.3, 0.4) is 0 Å². The molecule has 6 heteroatoms. The Morgan fingerprint density at radius 2 is 1.86 bits per heavy atom. The van der Waals surface area contributed by atoms with Crippen molar-refractivity contribution in [2.75, 3.05) is 6.54 Å².